The number of rotatable bonds is 2. The van der Waals surface area contributed by atoms with Crippen molar-refractivity contribution in [3.8, 4) is 0 Å². The number of halogens is 5. The summed E-state index contributed by atoms with van der Waals surface area (Å²) < 4.78 is 61.0. The van der Waals surface area contributed by atoms with Gasteiger partial charge in [0, 0.05) is 18.9 Å². The van der Waals surface area contributed by atoms with Gasteiger partial charge in [0.1, 0.15) is 0 Å². The predicted molar refractivity (Wildman–Crippen MR) is 39.2 cm³/mol. The minimum Gasteiger partial charge on any atom is -0.359 e. The van der Waals surface area contributed by atoms with Crippen LogP contribution in [0.25, 0.3) is 0 Å². The molecule has 0 amide bonds. The Balaban J connectivity index is 2.73. The van der Waals surface area contributed by atoms with Crippen molar-refractivity contribution in [2.75, 3.05) is 13.2 Å². The standard InChI is InChI=1S/C7H9F5N2/c1-2-13-3-4-14(5-13)7(11,12)6(8,9)10/h3-4H,2,5H2,1H3. The molecule has 0 aromatic rings. The average molecular weight is 216 g/mol. The van der Waals surface area contributed by atoms with Gasteiger partial charge in [0.25, 0.3) is 0 Å². The van der Waals surface area contributed by atoms with Crippen LogP contribution in [0.2, 0.25) is 0 Å². The van der Waals surface area contributed by atoms with Gasteiger partial charge < -0.3 is 4.90 Å². The van der Waals surface area contributed by atoms with E-state index in [0.29, 0.717) is 6.54 Å². The maximum Gasteiger partial charge on any atom is 0.475 e. The van der Waals surface area contributed by atoms with E-state index < -0.39 is 18.9 Å². The summed E-state index contributed by atoms with van der Waals surface area (Å²) in [6.07, 6.45) is -3.59. The van der Waals surface area contributed by atoms with Gasteiger partial charge in [-0.05, 0) is 6.92 Å². The zero-order valence-corrected chi connectivity index (χ0v) is 7.35. The van der Waals surface area contributed by atoms with E-state index in [9.17, 15) is 22.0 Å². The Labute approximate surface area is 77.6 Å². The van der Waals surface area contributed by atoms with Crippen molar-refractivity contribution in [2.45, 2.75) is 19.1 Å². The first-order valence-electron chi connectivity index (χ1n) is 3.92. The molecule has 7 heteroatoms. The molecule has 2 nitrogen and oxygen atoms in total. The van der Waals surface area contributed by atoms with Crippen molar-refractivity contribution >= 4 is 0 Å². The van der Waals surface area contributed by atoms with Crippen LogP contribution in [-0.2, 0) is 0 Å². The quantitative estimate of drug-likeness (QED) is 0.515. The highest BCUT2D eigenvalue weighted by Gasteiger charge is 2.61. The van der Waals surface area contributed by atoms with Crippen LogP contribution in [0.1, 0.15) is 6.92 Å². The van der Waals surface area contributed by atoms with Crippen molar-refractivity contribution in [1.29, 1.82) is 0 Å². The molecule has 0 unspecified atom stereocenters. The number of alkyl halides is 5. The fourth-order valence-electron chi connectivity index (χ4n) is 1.02. The Kier molecular flexibility index (Phi) is 2.60. The second-order valence-electron chi connectivity index (χ2n) is 2.85. The Morgan fingerprint density at radius 2 is 1.71 bits per heavy atom. The first kappa shape index (κ1) is 11.1. The minimum absolute atomic E-state index is 0.0312. The molecule has 0 spiro atoms. The summed E-state index contributed by atoms with van der Waals surface area (Å²) in [6.45, 7) is 1.61. The molecule has 0 fully saturated rings. The SMILES string of the molecule is CCN1C=CN(C(F)(F)C(F)(F)F)C1. The highest BCUT2D eigenvalue weighted by Crippen LogP contribution is 2.39. The monoisotopic (exact) mass is 216 g/mol. The molecule has 0 aromatic heterocycles. The summed E-state index contributed by atoms with van der Waals surface area (Å²) in [7, 11) is 0. The van der Waals surface area contributed by atoms with E-state index in [2.05, 4.69) is 0 Å². The van der Waals surface area contributed by atoms with Crippen LogP contribution in [0, 0.1) is 0 Å². The van der Waals surface area contributed by atoms with Gasteiger partial charge >= 0.3 is 12.2 Å². The molecule has 0 saturated heterocycles. The van der Waals surface area contributed by atoms with E-state index in [0.717, 1.165) is 6.20 Å². The second-order valence-corrected chi connectivity index (χ2v) is 2.85. The van der Waals surface area contributed by atoms with Crippen molar-refractivity contribution in [3.05, 3.63) is 12.4 Å². The number of hydrogen-bond donors (Lipinski definition) is 0. The molecule has 0 saturated carbocycles. The second kappa shape index (κ2) is 3.29. The van der Waals surface area contributed by atoms with Gasteiger partial charge in [-0.3, -0.25) is 4.90 Å². The lowest BCUT2D eigenvalue weighted by molar-refractivity contribution is -0.332. The molecule has 1 aliphatic heterocycles. The molecule has 0 N–H and O–H groups in total. The summed E-state index contributed by atoms with van der Waals surface area (Å²) in [6, 6.07) is -4.80. The maximum absolute atomic E-state index is 12.7. The van der Waals surface area contributed by atoms with Crippen LogP contribution in [-0.4, -0.2) is 35.2 Å². The molecule has 1 rings (SSSR count). The van der Waals surface area contributed by atoms with E-state index in [1.54, 1.807) is 6.92 Å². The Morgan fingerprint density at radius 3 is 2.07 bits per heavy atom. The fraction of sp³-hybridized carbons (Fsp3) is 0.714. The molecule has 0 bridgehead atoms. The average Bonchev–Trinajstić information content (AvgIpc) is 2.49. The fourth-order valence-corrected chi connectivity index (χ4v) is 1.02. The summed E-state index contributed by atoms with van der Waals surface area (Å²) in [5.74, 6) is 0. The van der Waals surface area contributed by atoms with Gasteiger partial charge in [-0.25, -0.2) is 0 Å². The van der Waals surface area contributed by atoms with Crippen LogP contribution < -0.4 is 0 Å². The molecule has 1 aliphatic rings. The summed E-state index contributed by atoms with van der Waals surface area (Å²) >= 11 is 0. The van der Waals surface area contributed by atoms with Crippen molar-refractivity contribution in [2.24, 2.45) is 0 Å². The van der Waals surface area contributed by atoms with E-state index in [1.165, 1.54) is 11.1 Å². The topological polar surface area (TPSA) is 6.48 Å². The van der Waals surface area contributed by atoms with Crippen molar-refractivity contribution in [1.82, 2.24) is 9.80 Å². The molecule has 14 heavy (non-hydrogen) atoms. The van der Waals surface area contributed by atoms with Gasteiger partial charge in [-0.15, -0.1) is 0 Å². The maximum atomic E-state index is 12.7. The van der Waals surface area contributed by atoms with Gasteiger partial charge in [0.05, 0.1) is 6.67 Å². The first-order valence-corrected chi connectivity index (χ1v) is 3.92. The normalized spacial score (nSPS) is 18.1. The molecule has 0 radical (unpaired) electrons. The van der Waals surface area contributed by atoms with Gasteiger partial charge in [-0.1, -0.05) is 0 Å². The molecular weight excluding hydrogens is 207 g/mol. The molecule has 1 heterocycles. The largest absolute Gasteiger partial charge is 0.475 e. The zero-order valence-electron chi connectivity index (χ0n) is 7.35. The van der Waals surface area contributed by atoms with Gasteiger partial charge in [0.15, 0.2) is 0 Å². The zero-order chi connectivity index (χ0) is 11.0. The van der Waals surface area contributed by atoms with Crippen LogP contribution in [0.3, 0.4) is 0 Å². The molecule has 0 aliphatic carbocycles. The summed E-state index contributed by atoms with van der Waals surface area (Å²) in [4.78, 5) is 1.32. The predicted octanol–water partition coefficient (Wildman–Crippen LogP) is 2.21. The van der Waals surface area contributed by atoms with Crippen LogP contribution in [0.4, 0.5) is 22.0 Å². The van der Waals surface area contributed by atoms with E-state index in [4.69, 9.17) is 0 Å². The lowest BCUT2D eigenvalue weighted by atomic mass is 10.5. The summed E-state index contributed by atoms with van der Waals surface area (Å²) in [5, 5.41) is 0. The molecule has 82 valence electrons. The van der Waals surface area contributed by atoms with Gasteiger partial charge in [0.2, 0.25) is 0 Å². The Bertz CT molecular complexity index is 235. The smallest absolute Gasteiger partial charge is 0.359 e. The van der Waals surface area contributed by atoms with Crippen LogP contribution in [0.15, 0.2) is 12.4 Å². The highest BCUT2D eigenvalue weighted by atomic mass is 19.4. The number of nitrogens with zero attached hydrogens (tertiary/aromatic N) is 2. The van der Waals surface area contributed by atoms with Crippen LogP contribution in [0.5, 0.6) is 0 Å². The van der Waals surface area contributed by atoms with E-state index in [1.807, 2.05) is 0 Å². The van der Waals surface area contributed by atoms with Crippen molar-refractivity contribution < 1.29 is 22.0 Å². The Morgan fingerprint density at radius 1 is 1.14 bits per heavy atom. The third-order valence-corrected chi connectivity index (χ3v) is 1.90. The molecule has 0 aromatic carbocycles. The van der Waals surface area contributed by atoms with Crippen LogP contribution >= 0.6 is 0 Å². The van der Waals surface area contributed by atoms with Gasteiger partial charge in [-0.2, -0.15) is 22.0 Å². The molecule has 0 atom stereocenters. The lowest BCUT2D eigenvalue weighted by Crippen LogP contribution is -2.50. The highest BCUT2D eigenvalue weighted by molar-refractivity contribution is 4.95. The number of hydrogen-bond acceptors (Lipinski definition) is 2. The summed E-state index contributed by atoms with van der Waals surface area (Å²) in [5.41, 5.74) is 0. The first-order chi connectivity index (χ1) is 6.29. The third kappa shape index (κ3) is 1.76. The van der Waals surface area contributed by atoms with E-state index in [-0.39, 0.29) is 4.90 Å². The third-order valence-electron chi connectivity index (χ3n) is 1.90. The van der Waals surface area contributed by atoms with Crippen molar-refractivity contribution in [3.63, 3.8) is 0 Å². The lowest BCUT2D eigenvalue weighted by Gasteiger charge is -2.29. The Hall–Kier alpha value is -1.01. The minimum atomic E-state index is -5.54. The molecular formula is C7H9F5N2. The van der Waals surface area contributed by atoms with E-state index >= 15 is 0 Å².